The molecule has 32 heavy (non-hydrogen) atoms. The molecule has 5 rings (SSSR count). The number of carbonyl (C=O) groups excluding carboxylic acids is 1. The predicted octanol–water partition coefficient (Wildman–Crippen LogP) is 3.41. The van der Waals surface area contributed by atoms with E-state index in [0.29, 0.717) is 44.3 Å². The summed E-state index contributed by atoms with van der Waals surface area (Å²) >= 11 is 0. The van der Waals surface area contributed by atoms with Crippen molar-refractivity contribution in [1.29, 1.82) is 0 Å². The Morgan fingerprint density at radius 3 is 2.47 bits per heavy atom. The Hall–Kier alpha value is -3.42. The zero-order valence-corrected chi connectivity index (χ0v) is 18.3. The van der Waals surface area contributed by atoms with Crippen LogP contribution in [0.4, 0.5) is 0 Å². The molecule has 1 N–H and O–H groups in total. The van der Waals surface area contributed by atoms with E-state index in [0.717, 1.165) is 40.3 Å². The van der Waals surface area contributed by atoms with E-state index in [4.69, 9.17) is 23.9 Å². The fourth-order valence-corrected chi connectivity index (χ4v) is 4.12. The van der Waals surface area contributed by atoms with Gasteiger partial charge in [0.25, 0.3) is 0 Å². The highest BCUT2D eigenvalue weighted by Gasteiger charge is 2.20. The summed E-state index contributed by atoms with van der Waals surface area (Å²) in [6.07, 6.45) is 1.57. The van der Waals surface area contributed by atoms with Crippen molar-refractivity contribution in [3.05, 3.63) is 41.7 Å². The average molecular weight is 437 g/mol. The lowest BCUT2D eigenvalue weighted by Gasteiger charge is -2.19. The van der Waals surface area contributed by atoms with Gasteiger partial charge in [0.05, 0.1) is 30.3 Å². The number of fused-ring (bicyclic) bond motifs is 3. The van der Waals surface area contributed by atoms with E-state index in [1.165, 1.54) is 0 Å². The van der Waals surface area contributed by atoms with E-state index in [1.54, 1.807) is 0 Å². The number of rotatable bonds is 5. The van der Waals surface area contributed by atoms with E-state index >= 15 is 0 Å². The Balaban J connectivity index is 1.35. The van der Waals surface area contributed by atoms with Gasteiger partial charge in [0.15, 0.2) is 23.0 Å². The van der Waals surface area contributed by atoms with Crippen molar-refractivity contribution in [2.45, 2.75) is 39.3 Å². The van der Waals surface area contributed by atoms with E-state index < -0.39 is 0 Å². The number of amides is 1. The van der Waals surface area contributed by atoms with Gasteiger partial charge in [-0.05, 0) is 24.6 Å². The first-order chi connectivity index (χ1) is 15.6. The third-order valence-electron chi connectivity index (χ3n) is 5.76. The van der Waals surface area contributed by atoms with Gasteiger partial charge in [-0.3, -0.25) is 4.79 Å². The van der Waals surface area contributed by atoms with Crippen molar-refractivity contribution in [2.24, 2.45) is 0 Å². The predicted molar refractivity (Wildman–Crippen MR) is 119 cm³/mol. The SMILES string of the molecule is CCc1nc2cc3c(cc2n1CC(=O)NC(C)c1ccc2c(c1)OCCCO2)OCCO3. The Kier molecular flexibility index (Phi) is 5.51. The first-order valence-electron chi connectivity index (χ1n) is 11.1. The number of aryl methyl sites for hydroxylation is 1. The molecule has 3 aromatic rings. The van der Waals surface area contributed by atoms with Gasteiger partial charge >= 0.3 is 0 Å². The molecule has 8 nitrogen and oxygen atoms in total. The lowest BCUT2D eigenvalue weighted by molar-refractivity contribution is -0.122. The maximum Gasteiger partial charge on any atom is 0.240 e. The van der Waals surface area contributed by atoms with Crippen molar-refractivity contribution in [1.82, 2.24) is 14.9 Å². The third-order valence-corrected chi connectivity index (χ3v) is 5.76. The van der Waals surface area contributed by atoms with Gasteiger partial charge in [0, 0.05) is 25.0 Å². The Morgan fingerprint density at radius 1 is 1.00 bits per heavy atom. The van der Waals surface area contributed by atoms with Crippen LogP contribution in [-0.2, 0) is 17.8 Å². The van der Waals surface area contributed by atoms with Crippen LogP contribution in [-0.4, -0.2) is 41.9 Å². The molecular formula is C24H27N3O5. The van der Waals surface area contributed by atoms with Crippen LogP contribution < -0.4 is 24.3 Å². The molecule has 1 amide bonds. The first-order valence-corrected chi connectivity index (χ1v) is 11.1. The molecule has 2 aliphatic rings. The van der Waals surface area contributed by atoms with Crippen LogP contribution in [0.15, 0.2) is 30.3 Å². The number of benzene rings is 2. The Bertz CT molecular complexity index is 1160. The van der Waals surface area contributed by atoms with E-state index in [9.17, 15) is 4.79 Å². The standard InChI is InChI=1S/C24H27N3O5/c1-3-23-26-17-12-21-22(32-10-9-31-21)13-18(17)27(23)14-24(28)25-15(2)16-5-6-19-20(11-16)30-8-4-7-29-19/h5-6,11-13,15H,3-4,7-10,14H2,1-2H3,(H,25,28). The van der Waals surface area contributed by atoms with Crippen LogP contribution in [0.1, 0.15) is 37.7 Å². The monoisotopic (exact) mass is 437 g/mol. The summed E-state index contributed by atoms with van der Waals surface area (Å²) in [6, 6.07) is 9.44. The van der Waals surface area contributed by atoms with Gasteiger partial charge in [0.2, 0.25) is 5.91 Å². The molecule has 3 heterocycles. The van der Waals surface area contributed by atoms with Gasteiger partial charge in [-0.2, -0.15) is 0 Å². The van der Waals surface area contributed by atoms with Crippen molar-refractivity contribution < 1.29 is 23.7 Å². The fraction of sp³-hybridized carbons (Fsp3) is 0.417. The summed E-state index contributed by atoms with van der Waals surface area (Å²) < 4.78 is 24.8. The first kappa shape index (κ1) is 20.5. The number of hydrogen-bond acceptors (Lipinski definition) is 6. The quantitative estimate of drug-likeness (QED) is 0.659. The minimum Gasteiger partial charge on any atom is -0.490 e. The molecule has 1 aromatic heterocycles. The highest BCUT2D eigenvalue weighted by molar-refractivity contribution is 5.84. The van der Waals surface area contributed by atoms with Crippen molar-refractivity contribution in [3.63, 3.8) is 0 Å². The largest absolute Gasteiger partial charge is 0.490 e. The van der Waals surface area contributed by atoms with Crippen LogP contribution >= 0.6 is 0 Å². The van der Waals surface area contributed by atoms with Crippen molar-refractivity contribution >= 4 is 16.9 Å². The highest BCUT2D eigenvalue weighted by atomic mass is 16.6. The lowest BCUT2D eigenvalue weighted by atomic mass is 10.1. The van der Waals surface area contributed by atoms with Crippen molar-refractivity contribution in [3.8, 4) is 23.0 Å². The smallest absolute Gasteiger partial charge is 0.240 e. The van der Waals surface area contributed by atoms with E-state index in [1.807, 2.05) is 48.7 Å². The summed E-state index contributed by atoms with van der Waals surface area (Å²) in [7, 11) is 0. The van der Waals surface area contributed by atoms with Crippen LogP contribution in [0, 0.1) is 0 Å². The number of ether oxygens (including phenoxy) is 4. The van der Waals surface area contributed by atoms with E-state index in [2.05, 4.69) is 5.32 Å². The third kappa shape index (κ3) is 3.92. The topological polar surface area (TPSA) is 83.8 Å². The van der Waals surface area contributed by atoms with Crippen LogP contribution in [0.3, 0.4) is 0 Å². The number of aromatic nitrogens is 2. The second-order valence-electron chi connectivity index (χ2n) is 8.00. The van der Waals surface area contributed by atoms with E-state index in [-0.39, 0.29) is 18.5 Å². The maximum atomic E-state index is 13.0. The Labute approximate surface area is 186 Å². The molecule has 2 aromatic carbocycles. The summed E-state index contributed by atoms with van der Waals surface area (Å²) in [5, 5.41) is 3.10. The zero-order chi connectivity index (χ0) is 22.1. The molecule has 168 valence electrons. The number of carbonyl (C=O) groups is 1. The number of nitrogens with one attached hydrogen (secondary N) is 1. The average Bonchev–Trinajstić information content (AvgIpc) is 2.97. The fourth-order valence-electron chi connectivity index (χ4n) is 4.12. The normalized spacial score (nSPS) is 15.8. The number of hydrogen-bond donors (Lipinski definition) is 1. The summed E-state index contributed by atoms with van der Waals surface area (Å²) in [6.45, 7) is 6.49. The molecule has 1 atom stereocenters. The molecular weight excluding hydrogens is 410 g/mol. The van der Waals surface area contributed by atoms with Crippen LogP contribution in [0.2, 0.25) is 0 Å². The molecule has 0 bridgehead atoms. The maximum absolute atomic E-state index is 13.0. The molecule has 0 spiro atoms. The molecule has 0 saturated carbocycles. The molecule has 1 unspecified atom stereocenters. The molecule has 0 fully saturated rings. The van der Waals surface area contributed by atoms with Gasteiger partial charge in [0.1, 0.15) is 25.6 Å². The van der Waals surface area contributed by atoms with Gasteiger partial charge in [-0.25, -0.2) is 4.98 Å². The second-order valence-corrected chi connectivity index (χ2v) is 8.00. The number of imidazole rings is 1. The molecule has 2 aliphatic heterocycles. The van der Waals surface area contributed by atoms with Gasteiger partial charge in [-0.15, -0.1) is 0 Å². The number of nitrogens with zero attached hydrogens (tertiary/aromatic N) is 2. The molecule has 0 aliphatic carbocycles. The second kappa shape index (κ2) is 8.61. The minimum absolute atomic E-state index is 0.0894. The summed E-state index contributed by atoms with van der Waals surface area (Å²) in [5.41, 5.74) is 2.63. The summed E-state index contributed by atoms with van der Waals surface area (Å²) in [4.78, 5) is 17.7. The van der Waals surface area contributed by atoms with Crippen LogP contribution in [0.25, 0.3) is 11.0 Å². The summed E-state index contributed by atoms with van der Waals surface area (Å²) in [5.74, 6) is 3.62. The van der Waals surface area contributed by atoms with Gasteiger partial charge < -0.3 is 28.8 Å². The highest BCUT2D eigenvalue weighted by Crippen LogP contribution is 2.35. The molecule has 0 saturated heterocycles. The van der Waals surface area contributed by atoms with Crippen molar-refractivity contribution in [2.75, 3.05) is 26.4 Å². The van der Waals surface area contributed by atoms with Crippen LogP contribution in [0.5, 0.6) is 23.0 Å². The van der Waals surface area contributed by atoms with Gasteiger partial charge in [-0.1, -0.05) is 13.0 Å². The minimum atomic E-state index is -0.177. The zero-order valence-electron chi connectivity index (χ0n) is 18.3. The molecule has 8 heteroatoms. The Morgan fingerprint density at radius 2 is 1.69 bits per heavy atom. The lowest BCUT2D eigenvalue weighted by Crippen LogP contribution is -2.30. The molecule has 0 radical (unpaired) electrons.